The van der Waals surface area contributed by atoms with Crippen LogP contribution in [0.4, 0.5) is 5.88 Å². The van der Waals surface area contributed by atoms with E-state index in [0.717, 1.165) is 18.6 Å². The largest absolute Gasteiger partial charge is 0.463 e. The molecule has 0 aliphatic carbocycles. The Labute approximate surface area is 107 Å². The lowest BCUT2D eigenvalue weighted by molar-refractivity contribution is -0.759. The lowest BCUT2D eigenvalue weighted by Gasteiger charge is -2.18. The molecule has 0 atom stereocenters. The molecule has 9 heteroatoms. The number of nitrogen functional groups attached to an aromatic ring is 1. The van der Waals surface area contributed by atoms with E-state index in [1.54, 1.807) is 16.8 Å². The van der Waals surface area contributed by atoms with Gasteiger partial charge in [-0.1, -0.05) is 0 Å². The molecule has 2 heterocycles. The van der Waals surface area contributed by atoms with Crippen molar-refractivity contribution in [1.29, 1.82) is 0 Å². The third kappa shape index (κ3) is 2.26. The average Bonchev–Trinajstić information content (AvgIpc) is 2.80. The van der Waals surface area contributed by atoms with Crippen molar-refractivity contribution < 1.29 is 23.6 Å². The Bertz CT molecular complexity index is 469. The van der Waals surface area contributed by atoms with Crippen molar-refractivity contribution in [2.75, 3.05) is 42.4 Å². The molecule has 0 amide bonds. The van der Waals surface area contributed by atoms with Crippen molar-refractivity contribution in [3.8, 4) is 0 Å². The summed E-state index contributed by atoms with van der Waals surface area (Å²) in [7, 11) is 1.13. The van der Waals surface area contributed by atoms with Crippen LogP contribution in [0.2, 0.25) is 0 Å². The van der Waals surface area contributed by atoms with Gasteiger partial charge in [-0.15, -0.1) is 0 Å². The number of carbonyl (C=O) groups excluding carboxylic acids is 2. The maximum Gasteiger partial charge on any atom is 0.386 e. The number of rotatable bonds is 3. The van der Waals surface area contributed by atoms with Crippen molar-refractivity contribution in [3.63, 3.8) is 0 Å². The summed E-state index contributed by atoms with van der Waals surface area (Å²) < 4.78 is 9.16. The number of methoxy groups -OCH3 is 1. The first kappa shape index (κ1) is 12.7. The highest BCUT2D eigenvalue weighted by Gasteiger charge is 2.39. The number of nitrogens with zero attached hydrogens (tertiary/aromatic N) is 3. The van der Waals surface area contributed by atoms with Crippen LogP contribution in [-0.4, -0.2) is 48.7 Å². The second kappa shape index (κ2) is 5.25. The van der Waals surface area contributed by atoms with E-state index in [4.69, 9.17) is 10.3 Å². The van der Waals surface area contributed by atoms with Crippen LogP contribution in [0.15, 0.2) is 4.52 Å². The fraction of sp³-hybridized carbons (Fsp3) is 0.556. The highest BCUT2D eigenvalue weighted by molar-refractivity contribution is 7.99. The monoisotopic (exact) mass is 273 g/mol. The summed E-state index contributed by atoms with van der Waals surface area (Å²) >= 11 is 1.80. The van der Waals surface area contributed by atoms with E-state index in [1.807, 2.05) is 0 Å². The number of anilines is 1. The number of esters is 1. The summed E-state index contributed by atoms with van der Waals surface area (Å²) in [5, 5.41) is 5.48. The van der Waals surface area contributed by atoms with Crippen LogP contribution in [0.1, 0.15) is 10.5 Å². The average molecular weight is 273 g/mol. The smallest absolute Gasteiger partial charge is 0.386 e. The van der Waals surface area contributed by atoms with Crippen LogP contribution in [-0.2, 0) is 9.53 Å². The van der Waals surface area contributed by atoms with Gasteiger partial charge < -0.3 is 10.5 Å². The molecular formula is C9H13N4O4S+. The van der Waals surface area contributed by atoms with Gasteiger partial charge in [0.05, 0.1) is 25.0 Å². The van der Waals surface area contributed by atoms with Gasteiger partial charge in [-0.05, 0) is 0 Å². The van der Waals surface area contributed by atoms with E-state index >= 15 is 0 Å². The molecule has 0 aromatic carbocycles. The van der Waals surface area contributed by atoms with Gasteiger partial charge in [0.1, 0.15) is 0 Å². The second-order valence-corrected chi connectivity index (χ2v) is 4.79. The quantitative estimate of drug-likeness (QED) is 0.310. The summed E-state index contributed by atoms with van der Waals surface area (Å²) in [6, 6.07) is 0. The molecule has 8 nitrogen and oxygen atoms in total. The number of nitrogens with two attached hydrogens (primary N) is 1. The number of ether oxygens (including phenoxy) is 1. The molecule has 0 radical (unpaired) electrons. The first-order chi connectivity index (χ1) is 8.65. The predicted octanol–water partition coefficient (Wildman–Crippen LogP) is -1.42. The summed E-state index contributed by atoms with van der Waals surface area (Å²) in [5.74, 6) is -0.236. The van der Waals surface area contributed by atoms with Crippen LogP contribution in [0.25, 0.3) is 0 Å². The number of thioether (sulfide) groups is 1. The molecule has 2 rings (SSSR count). The van der Waals surface area contributed by atoms with Crippen molar-refractivity contribution >= 4 is 29.4 Å². The van der Waals surface area contributed by atoms with Gasteiger partial charge in [-0.2, -0.15) is 16.8 Å². The Morgan fingerprint density at radius 1 is 1.50 bits per heavy atom. The summed E-state index contributed by atoms with van der Waals surface area (Å²) in [6.07, 6.45) is 0. The maximum absolute atomic E-state index is 11.8. The number of Topliss-reactive ketones (excluding diaryl/α,β-unsaturated/α-hetero) is 1. The van der Waals surface area contributed by atoms with Gasteiger partial charge >= 0.3 is 23.3 Å². The highest BCUT2D eigenvalue weighted by atomic mass is 32.2. The molecule has 0 saturated carbocycles. The fourth-order valence-corrected chi connectivity index (χ4v) is 2.48. The Balaban J connectivity index is 2.31. The van der Waals surface area contributed by atoms with Crippen molar-refractivity contribution in [1.82, 2.24) is 5.27 Å². The third-order valence-corrected chi connectivity index (χ3v) is 3.43. The highest BCUT2D eigenvalue weighted by Crippen LogP contribution is 2.10. The lowest BCUT2D eigenvalue weighted by Crippen LogP contribution is -2.64. The SMILES string of the molecule is COC(=O)C(=O)c1c(N)on[n+]1N1CCSCC1. The van der Waals surface area contributed by atoms with E-state index in [-0.39, 0.29) is 11.6 Å². The Morgan fingerprint density at radius 3 is 2.78 bits per heavy atom. The van der Waals surface area contributed by atoms with Gasteiger partial charge in [0.15, 0.2) is 0 Å². The first-order valence-electron chi connectivity index (χ1n) is 5.28. The van der Waals surface area contributed by atoms with Gasteiger partial charge in [-0.3, -0.25) is 9.32 Å². The van der Waals surface area contributed by atoms with E-state index < -0.39 is 11.8 Å². The Kier molecular flexibility index (Phi) is 3.70. The molecule has 1 aromatic heterocycles. The molecule has 0 spiro atoms. The summed E-state index contributed by atoms with van der Waals surface area (Å²) in [4.78, 5) is 24.3. The fourth-order valence-electron chi connectivity index (χ4n) is 1.59. The van der Waals surface area contributed by atoms with E-state index in [1.165, 1.54) is 4.79 Å². The first-order valence-corrected chi connectivity index (χ1v) is 6.43. The number of hydrogen-bond acceptors (Lipinski definition) is 8. The third-order valence-electron chi connectivity index (χ3n) is 2.49. The maximum atomic E-state index is 11.8. The normalized spacial score (nSPS) is 15.5. The summed E-state index contributed by atoms with van der Waals surface area (Å²) in [6.45, 7) is 1.39. The molecule has 1 fully saturated rings. The van der Waals surface area contributed by atoms with Crippen LogP contribution in [0, 0.1) is 0 Å². The van der Waals surface area contributed by atoms with Crippen molar-refractivity contribution in [2.45, 2.75) is 0 Å². The molecule has 1 aromatic rings. The Hall–Kier alpha value is -1.77. The molecule has 2 N–H and O–H groups in total. The zero-order valence-corrected chi connectivity index (χ0v) is 10.6. The zero-order valence-electron chi connectivity index (χ0n) is 9.79. The summed E-state index contributed by atoms with van der Waals surface area (Å²) in [5.41, 5.74) is 5.44. The van der Waals surface area contributed by atoms with E-state index in [0.29, 0.717) is 13.1 Å². The van der Waals surface area contributed by atoms with Crippen molar-refractivity contribution in [2.24, 2.45) is 0 Å². The second-order valence-electron chi connectivity index (χ2n) is 3.56. The molecule has 1 saturated heterocycles. The Morgan fingerprint density at radius 2 is 2.17 bits per heavy atom. The van der Waals surface area contributed by atoms with Gasteiger partial charge in [0, 0.05) is 11.5 Å². The molecule has 1 aliphatic heterocycles. The number of aromatic nitrogens is 2. The number of carbonyl (C=O) groups is 2. The van der Waals surface area contributed by atoms with E-state index in [2.05, 4.69) is 10.0 Å². The van der Waals surface area contributed by atoms with Crippen LogP contribution in [0.3, 0.4) is 0 Å². The molecule has 98 valence electrons. The van der Waals surface area contributed by atoms with Crippen LogP contribution < -0.4 is 15.5 Å². The predicted molar refractivity (Wildman–Crippen MR) is 62.7 cm³/mol. The van der Waals surface area contributed by atoms with Gasteiger partial charge in [0.2, 0.25) is 5.27 Å². The van der Waals surface area contributed by atoms with Crippen LogP contribution >= 0.6 is 11.8 Å². The number of ketones is 1. The molecule has 18 heavy (non-hydrogen) atoms. The topological polar surface area (TPSA) is 103 Å². The standard InChI is InChI=1S/C9H12N4O4S/c1-16-9(15)7(14)6-8(10)17-11-13(6)12-2-4-18-5-3-12/h2-5H2,1H3,(H-,10,11,14)/p+1. The number of hydrogen-bond donors (Lipinski definition) is 1. The molecular weight excluding hydrogens is 260 g/mol. The minimum atomic E-state index is -0.995. The van der Waals surface area contributed by atoms with E-state index in [9.17, 15) is 9.59 Å². The van der Waals surface area contributed by atoms with Gasteiger partial charge in [-0.25, -0.2) is 4.79 Å². The minimum absolute atomic E-state index is 0.0891. The van der Waals surface area contributed by atoms with Gasteiger partial charge in [0.25, 0.3) is 0 Å². The molecule has 0 bridgehead atoms. The molecule has 0 unspecified atom stereocenters. The lowest BCUT2D eigenvalue weighted by atomic mass is 10.3. The van der Waals surface area contributed by atoms with Crippen LogP contribution in [0.5, 0.6) is 0 Å². The molecule has 1 aliphatic rings. The van der Waals surface area contributed by atoms with Crippen molar-refractivity contribution in [3.05, 3.63) is 5.69 Å². The minimum Gasteiger partial charge on any atom is -0.463 e. The zero-order chi connectivity index (χ0) is 13.1.